The highest BCUT2D eigenvalue weighted by Crippen LogP contribution is 2.23. The van der Waals surface area contributed by atoms with Crippen LogP contribution >= 0.6 is 0 Å². The predicted molar refractivity (Wildman–Crippen MR) is 152 cm³/mol. The Labute approximate surface area is 225 Å². The molecule has 0 saturated heterocycles. The van der Waals surface area contributed by atoms with Crippen molar-refractivity contribution in [3.8, 4) is 5.75 Å². The number of benzene rings is 3. The average molecular weight is 517 g/mol. The molecule has 0 bridgehead atoms. The lowest BCUT2D eigenvalue weighted by atomic mass is 9.91. The second kappa shape index (κ2) is 14.5. The second-order valence-corrected chi connectivity index (χ2v) is 9.97. The first-order valence-corrected chi connectivity index (χ1v) is 13.2. The van der Waals surface area contributed by atoms with Crippen LogP contribution in [0.25, 0.3) is 0 Å². The molecular weight excluding hydrogens is 476 g/mol. The van der Waals surface area contributed by atoms with Gasteiger partial charge in [0.25, 0.3) is 0 Å². The molecule has 0 spiro atoms. The van der Waals surface area contributed by atoms with Crippen LogP contribution in [0.1, 0.15) is 34.2 Å². The molecule has 3 aromatic rings. The fourth-order valence-electron chi connectivity index (χ4n) is 4.67. The van der Waals surface area contributed by atoms with E-state index >= 15 is 0 Å². The monoisotopic (exact) mass is 516 g/mol. The largest absolute Gasteiger partial charge is 0.508 e. The number of carbonyl (C=O) groups is 1. The van der Waals surface area contributed by atoms with Crippen LogP contribution < -0.4 is 11.1 Å². The van der Waals surface area contributed by atoms with Crippen LogP contribution in [0.4, 0.5) is 0 Å². The van der Waals surface area contributed by atoms with E-state index in [1.807, 2.05) is 74.5 Å². The SMILES string of the molecule is Cc1cc(O)cc(C)c1C[C@H](N)[C@@H](O)C/C=C/[C@@H](O)[C@@H](Cc1ccccc1)C(=O)NCCc1ccccc1. The third-order valence-electron chi connectivity index (χ3n) is 6.93. The highest BCUT2D eigenvalue weighted by atomic mass is 16.3. The number of aliphatic hydroxyl groups is 2. The minimum atomic E-state index is -1.02. The van der Waals surface area contributed by atoms with Gasteiger partial charge in [-0.1, -0.05) is 72.8 Å². The number of carbonyl (C=O) groups excluding carboxylic acids is 1. The summed E-state index contributed by atoms with van der Waals surface area (Å²) in [5, 5.41) is 34.3. The topological polar surface area (TPSA) is 116 Å². The Morgan fingerprint density at radius 3 is 2.11 bits per heavy atom. The van der Waals surface area contributed by atoms with Crippen LogP contribution in [0, 0.1) is 19.8 Å². The van der Waals surface area contributed by atoms with Crippen LogP contribution in [0.2, 0.25) is 0 Å². The summed E-state index contributed by atoms with van der Waals surface area (Å²) in [5.41, 5.74) is 11.2. The first kappa shape index (κ1) is 29.1. The summed E-state index contributed by atoms with van der Waals surface area (Å²) in [6, 6.07) is 22.4. The minimum absolute atomic E-state index is 0.211. The molecule has 6 N–H and O–H groups in total. The molecule has 0 heterocycles. The molecule has 0 saturated carbocycles. The van der Waals surface area contributed by atoms with Gasteiger partial charge in [-0.15, -0.1) is 0 Å². The zero-order valence-corrected chi connectivity index (χ0v) is 22.3. The molecule has 0 aliphatic carbocycles. The van der Waals surface area contributed by atoms with Gasteiger partial charge in [0.2, 0.25) is 5.91 Å². The lowest BCUT2D eigenvalue weighted by Crippen LogP contribution is -2.39. The molecule has 6 heteroatoms. The Bertz CT molecular complexity index is 1160. The van der Waals surface area contributed by atoms with E-state index in [1.165, 1.54) is 0 Å². The van der Waals surface area contributed by atoms with Crippen LogP contribution in [0.3, 0.4) is 0 Å². The number of phenols is 1. The zero-order chi connectivity index (χ0) is 27.5. The van der Waals surface area contributed by atoms with E-state index < -0.39 is 24.2 Å². The average Bonchev–Trinajstić information content (AvgIpc) is 2.90. The Hall–Kier alpha value is -3.45. The van der Waals surface area contributed by atoms with Crippen molar-refractivity contribution < 1.29 is 20.1 Å². The first-order valence-electron chi connectivity index (χ1n) is 13.2. The fraction of sp³-hybridized carbons (Fsp3) is 0.344. The maximum Gasteiger partial charge on any atom is 0.226 e. The van der Waals surface area contributed by atoms with Gasteiger partial charge in [0, 0.05) is 12.6 Å². The molecule has 6 nitrogen and oxygen atoms in total. The Morgan fingerprint density at radius 1 is 0.921 bits per heavy atom. The van der Waals surface area contributed by atoms with Crippen molar-refractivity contribution >= 4 is 5.91 Å². The van der Waals surface area contributed by atoms with Crippen molar-refractivity contribution in [2.24, 2.45) is 11.7 Å². The fourth-order valence-corrected chi connectivity index (χ4v) is 4.67. The van der Waals surface area contributed by atoms with Gasteiger partial charge in [-0.25, -0.2) is 0 Å². The van der Waals surface area contributed by atoms with E-state index in [0.717, 1.165) is 27.8 Å². The molecule has 0 aromatic heterocycles. The summed E-state index contributed by atoms with van der Waals surface area (Å²) in [7, 11) is 0. The number of aliphatic hydroxyl groups excluding tert-OH is 2. The van der Waals surface area contributed by atoms with Crippen molar-refractivity contribution in [1.82, 2.24) is 5.32 Å². The van der Waals surface area contributed by atoms with Gasteiger partial charge in [-0.2, -0.15) is 0 Å². The van der Waals surface area contributed by atoms with E-state index in [2.05, 4.69) is 5.32 Å². The summed E-state index contributed by atoms with van der Waals surface area (Å²) >= 11 is 0. The molecule has 0 aliphatic rings. The summed E-state index contributed by atoms with van der Waals surface area (Å²) in [5.74, 6) is -0.668. The van der Waals surface area contributed by atoms with Gasteiger partial charge in [0.1, 0.15) is 5.75 Å². The van der Waals surface area contributed by atoms with Gasteiger partial charge in [0.15, 0.2) is 0 Å². The summed E-state index contributed by atoms with van der Waals surface area (Å²) < 4.78 is 0. The third-order valence-corrected chi connectivity index (χ3v) is 6.93. The van der Waals surface area contributed by atoms with Crippen LogP contribution in [0.15, 0.2) is 84.9 Å². The minimum Gasteiger partial charge on any atom is -0.508 e. The maximum absolute atomic E-state index is 13.1. The highest BCUT2D eigenvalue weighted by molar-refractivity contribution is 5.79. The lowest BCUT2D eigenvalue weighted by molar-refractivity contribution is -0.127. The number of phenolic OH excluding ortho intramolecular Hbond substituents is 1. The second-order valence-electron chi connectivity index (χ2n) is 9.97. The van der Waals surface area contributed by atoms with Crippen molar-refractivity contribution in [3.05, 3.63) is 113 Å². The number of nitrogens with one attached hydrogen (secondary N) is 1. The van der Waals surface area contributed by atoms with Crippen molar-refractivity contribution in [2.45, 2.75) is 57.8 Å². The number of hydrogen-bond acceptors (Lipinski definition) is 5. The van der Waals surface area contributed by atoms with E-state index in [4.69, 9.17) is 5.73 Å². The van der Waals surface area contributed by atoms with Gasteiger partial charge in [-0.3, -0.25) is 4.79 Å². The Kier molecular flexibility index (Phi) is 11.1. The number of aryl methyl sites for hydroxylation is 2. The van der Waals surface area contributed by atoms with Crippen LogP contribution in [-0.4, -0.2) is 46.0 Å². The first-order chi connectivity index (χ1) is 18.2. The Balaban J connectivity index is 1.59. The summed E-state index contributed by atoms with van der Waals surface area (Å²) in [6.45, 7) is 4.30. The number of rotatable bonds is 13. The molecule has 0 radical (unpaired) electrons. The molecule has 3 aromatic carbocycles. The molecule has 4 atom stereocenters. The molecule has 0 aliphatic heterocycles. The third kappa shape index (κ3) is 8.84. The van der Waals surface area contributed by atoms with Crippen LogP contribution in [-0.2, 0) is 24.1 Å². The quantitative estimate of drug-likeness (QED) is 0.222. The number of amides is 1. The van der Waals surface area contributed by atoms with Gasteiger partial charge in [0.05, 0.1) is 18.1 Å². The van der Waals surface area contributed by atoms with Crippen molar-refractivity contribution in [3.63, 3.8) is 0 Å². The van der Waals surface area contributed by atoms with Crippen molar-refractivity contribution in [1.29, 1.82) is 0 Å². The highest BCUT2D eigenvalue weighted by Gasteiger charge is 2.25. The lowest BCUT2D eigenvalue weighted by Gasteiger charge is -2.22. The maximum atomic E-state index is 13.1. The predicted octanol–water partition coefficient (Wildman–Crippen LogP) is 3.76. The van der Waals surface area contributed by atoms with Gasteiger partial charge in [-0.05, 0) is 79.5 Å². The van der Waals surface area contributed by atoms with Gasteiger partial charge < -0.3 is 26.4 Å². The molecule has 0 fully saturated rings. The van der Waals surface area contributed by atoms with E-state index in [-0.39, 0.29) is 18.1 Å². The molecule has 202 valence electrons. The van der Waals surface area contributed by atoms with Gasteiger partial charge >= 0.3 is 0 Å². The molecule has 1 amide bonds. The van der Waals surface area contributed by atoms with Crippen LogP contribution in [0.5, 0.6) is 5.75 Å². The van der Waals surface area contributed by atoms with E-state index in [1.54, 1.807) is 24.3 Å². The van der Waals surface area contributed by atoms with Crippen molar-refractivity contribution in [2.75, 3.05) is 6.54 Å². The summed E-state index contributed by atoms with van der Waals surface area (Å²) in [6.07, 6.45) is 3.26. The molecule has 3 rings (SSSR count). The normalized spacial score (nSPS) is 14.7. The van der Waals surface area contributed by atoms with E-state index in [0.29, 0.717) is 25.8 Å². The summed E-state index contributed by atoms with van der Waals surface area (Å²) in [4.78, 5) is 13.1. The number of hydrogen-bond donors (Lipinski definition) is 5. The standard InChI is InChI=1S/C32H40N2O4/c1-22-18-26(35)19-23(2)27(22)21-29(33)31(37)15-9-14-30(36)28(20-25-12-7-4-8-13-25)32(38)34-17-16-24-10-5-3-6-11-24/h3-14,18-19,28-31,35-37H,15-17,20-21,33H2,1-2H3,(H,34,38)/b14-9+/t28-,29+,30-,31+/m1/s1. The molecular formula is C32H40N2O4. The molecule has 38 heavy (non-hydrogen) atoms. The molecule has 0 unspecified atom stereocenters. The zero-order valence-electron chi connectivity index (χ0n) is 22.3. The Morgan fingerprint density at radius 2 is 1.50 bits per heavy atom. The number of nitrogens with two attached hydrogens (primary N) is 1. The van der Waals surface area contributed by atoms with E-state index in [9.17, 15) is 20.1 Å². The number of aromatic hydroxyl groups is 1. The smallest absolute Gasteiger partial charge is 0.226 e.